The number of esters is 1. The molecule has 0 amide bonds. The summed E-state index contributed by atoms with van der Waals surface area (Å²) in [6, 6.07) is 0. The molecule has 5 N–H and O–H groups in total. The molecule has 274 valence electrons. The Morgan fingerprint density at radius 3 is 2.29 bits per heavy atom. The molecular formula is C38H62O10. The Labute approximate surface area is 286 Å². The second-order valence-corrected chi connectivity index (χ2v) is 18.8. The zero-order valence-electron chi connectivity index (χ0n) is 30.4. The molecule has 48 heavy (non-hydrogen) atoms. The number of fused-ring (bicyclic) bond motifs is 4. The van der Waals surface area contributed by atoms with Gasteiger partial charge in [0.15, 0.2) is 12.4 Å². The molecule has 5 saturated carbocycles. The Hall–Kier alpha value is -0.850. The summed E-state index contributed by atoms with van der Waals surface area (Å²) in [4.78, 5) is 12.4. The predicted molar refractivity (Wildman–Crippen MR) is 175 cm³/mol. The Morgan fingerprint density at radius 1 is 0.958 bits per heavy atom. The molecule has 2 saturated heterocycles. The van der Waals surface area contributed by atoms with Gasteiger partial charge in [-0.25, -0.2) is 0 Å². The van der Waals surface area contributed by atoms with Gasteiger partial charge in [-0.05, 0) is 111 Å². The third-order valence-corrected chi connectivity index (χ3v) is 16.1. The fraction of sp³-hybridized carbons (Fsp3) is 0.974. The highest BCUT2D eigenvalue weighted by atomic mass is 16.7. The molecule has 0 radical (unpaired) electrons. The molecule has 7 aliphatic rings. The van der Waals surface area contributed by atoms with Crippen LogP contribution >= 0.6 is 0 Å². The molecule has 5 aliphatic carbocycles. The smallest absolute Gasteiger partial charge is 0.305 e. The molecule has 7 fully saturated rings. The summed E-state index contributed by atoms with van der Waals surface area (Å²) < 4.78 is 24.8. The first-order valence-corrected chi connectivity index (χ1v) is 18.9. The highest BCUT2D eigenvalue weighted by Gasteiger charge is 2.84. The Balaban J connectivity index is 1.14. The van der Waals surface area contributed by atoms with E-state index in [4.69, 9.17) is 18.9 Å². The third kappa shape index (κ3) is 4.61. The van der Waals surface area contributed by atoms with E-state index in [1.165, 1.54) is 6.42 Å². The summed E-state index contributed by atoms with van der Waals surface area (Å²) in [5.74, 6) is 0.804. The van der Waals surface area contributed by atoms with Crippen molar-refractivity contribution in [2.75, 3.05) is 6.61 Å². The maximum Gasteiger partial charge on any atom is 0.305 e. The van der Waals surface area contributed by atoms with Crippen molar-refractivity contribution in [3.05, 3.63) is 0 Å². The molecule has 2 aliphatic heterocycles. The van der Waals surface area contributed by atoms with Crippen molar-refractivity contribution in [2.24, 2.45) is 50.7 Å². The lowest BCUT2D eigenvalue weighted by atomic mass is 9.41. The van der Waals surface area contributed by atoms with Crippen molar-refractivity contribution in [3.8, 4) is 0 Å². The van der Waals surface area contributed by atoms with Gasteiger partial charge in [0.1, 0.15) is 18.3 Å². The lowest BCUT2D eigenvalue weighted by Crippen LogP contribution is -2.61. The molecule has 10 heteroatoms. The highest BCUT2D eigenvalue weighted by Crippen LogP contribution is 2.89. The number of carbonyl (C=O) groups is 1. The number of ether oxygens (including phenoxy) is 4. The molecule has 17 atom stereocenters. The minimum atomic E-state index is -1.30. The summed E-state index contributed by atoms with van der Waals surface area (Å²) in [5, 5.41) is 54.5. The number of carbonyl (C=O) groups excluding carboxylic acids is 1. The summed E-state index contributed by atoms with van der Waals surface area (Å²) in [6.45, 7) is 16.6. The van der Waals surface area contributed by atoms with Crippen LogP contribution in [-0.4, -0.2) is 98.8 Å². The molecule has 2 spiro atoms. The minimum absolute atomic E-state index is 0.0682. The minimum Gasteiger partial charge on any atom is -0.457 e. The summed E-state index contributed by atoms with van der Waals surface area (Å²) in [7, 11) is 0. The number of aliphatic hydroxyl groups excluding tert-OH is 4. The number of hydrogen-bond acceptors (Lipinski definition) is 10. The largest absolute Gasteiger partial charge is 0.457 e. The summed E-state index contributed by atoms with van der Waals surface area (Å²) in [6.07, 6.45) is 0.945. The average molecular weight is 679 g/mol. The molecule has 0 bridgehead atoms. The first-order valence-electron chi connectivity index (χ1n) is 18.9. The molecule has 10 nitrogen and oxygen atoms in total. The molecule has 0 aromatic carbocycles. The lowest BCUT2D eigenvalue weighted by molar-refractivity contribution is -0.303. The van der Waals surface area contributed by atoms with Crippen LogP contribution in [0, 0.1) is 50.7 Å². The van der Waals surface area contributed by atoms with E-state index in [0.29, 0.717) is 18.3 Å². The fourth-order valence-corrected chi connectivity index (χ4v) is 13.7. The Bertz CT molecular complexity index is 1270. The second kappa shape index (κ2) is 11.3. The fourth-order valence-electron chi connectivity index (χ4n) is 13.7. The maximum absolute atomic E-state index is 12.6. The molecular weight excluding hydrogens is 616 g/mol. The van der Waals surface area contributed by atoms with Gasteiger partial charge < -0.3 is 44.5 Å². The number of rotatable bonds is 6. The van der Waals surface area contributed by atoms with Crippen molar-refractivity contribution < 1.29 is 49.3 Å². The SMILES string of the molecule is CCC(=O)O[C@@H]([C@H]1C[C@@H](C)[C@H]2[C@H](O1)[C@H](O)[C@@]1(C)[C@@H]3CC[C@H]4C(C)(C)[C@@H](O[C@@H]5OC[C@@H](O)[C@H](O)[C@H]5O)CCC45C[C@@]35CC[C@]21C)C(C)(C)O. The number of hydrogen-bond donors (Lipinski definition) is 5. The van der Waals surface area contributed by atoms with Gasteiger partial charge in [0.05, 0.1) is 36.6 Å². The van der Waals surface area contributed by atoms with Gasteiger partial charge in [0.2, 0.25) is 0 Å². The van der Waals surface area contributed by atoms with Gasteiger partial charge in [-0.1, -0.05) is 41.5 Å². The van der Waals surface area contributed by atoms with Gasteiger partial charge in [0, 0.05) is 11.8 Å². The van der Waals surface area contributed by atoms with Crippen molar-refractivity contribution in [1.82, 2.24) is 0 Å². The Kier molecular flexibility index (Phi) is 8.39. The van der Waals surface area contributed by atoms with E-state index in [1.54, 1.807) is 20.8 Å². The van der Waals surface area contributed by atoms with Crippen LogP contribution in [0.1, 0.15) is 113 Å². The van der Waals surface area contributed by atoms with E-state index >= 15 is 0 Å². The molecule has 1 unspecified atom stereocenters. The van der Waals surface area contributed by atoms with Gasteiger partial charge in [-0.2, -0.15) is 0 Å². The van der Waals surface area contributed by atoms with E-state index in [0.717, 1.165) is 38.5 Å². The van der Waals surface area contributed by atoms with Crippen LogP contribution in [0.4, 0.5) is 0 Å². The van der Waals surface area contributed by atoms with Crippen molar-refractivity contribution >= 4 is 5.97 Å². The molecule has 0 aromatic heterocycles. The summed E-state index contributed by atoms with van der Waals surface area (Å²) >= 11 is 0. The van der Waals surface area contributed by atoms with Crippen molar-refractivity contribution in [3.63, 3.8) is 0 Å². The van der Waals surface area contributed by atoms with Crippen LogP contribution in [0.25, 0.3) is 0 Å². The topological polar surface area (TPSA) is 155 Å². The zero-order chi connectivity index (χ0) is 35.0. The molecule has 0 aromatic rings. The molecule has 2 heterocycles. The van der Waals surface area contributed by atoms with E-state index < -0.39 is 54.6 Å². The summed E-state index contributed by atoms with van der Waals surface area (Å²) in [5.41, 5.74) is -1.61. The van der Waals surface area contributed by atoms with Crippen LogP contribution < -0.4 is 0 Å². The normalized spacial score (nSPS) is 54.5. The van der Waals surface area contributed by atoms with Gasteiger partial charge in [-0.15, -0.1) is 0 Å². The molecule has 7 rings (SSSR count). The monoisotopic (exact) mass is 678 g/mol. The standard InChI is InChI=1S/C38H62O10/c1-9-25(40)48-31(34(5,6)44)21-16-19(2)26-29(46-21)30(43)36(8)23-11-10-22-33(3,4)24(47-32-28(42)27(41)20(39)17-45-32)12-13-37(22)18-38(23,37)15-14-35(26,36)7/h19-24,26-32,39,41-44H,9-18H2,1-8H3/t19-,20-,21-,22+,23+,24+,26+,27+,28-,29+,30+,31+,32+,35-,36-,37?,38+/m1/s1. The van der Waals surface area contributed by atoms with Crippen molar-refractivity contribution in [1.29, 1.82) is 0 Å². The van der Waals surface area contributed by atoms with Gasteiger partial charge in [0.25, 0.3) is 0 Å². The quantitative estimate of drug-likeness (QED) is 0.207. The van der Waals surface area contributed by atoms with Crippen molar-refractivity contribution in [2.45, 2.75) is 174 Å². The van der Waals surface area contributed by atoms with Crippen LogP contribution in [0.3, 0.4) is 0 Å². The van der Waals surface area contributed by atoms with E-state index in [-0.39, 0.29) is 64.0 Å². The van der Waals surface area contributed by atoms with Crippen LogP contribution in [0.15, 0.2) is 0 Å². The second-order valence-electron chi connectivity index (χ2n) is 18.8. The van der Waals surface area contributed by atoms with E-state index in [9.17, 15) is 30.3 Å². The van der Waals surface area contributed by atoms with Crippen LogP contribution in [0.2, 0.25) is 0 Å². The highest BCUT2D eigenvalue weighted by molar-refractivity contribution is 5.69. The lowest BCUT2D eigenvalue weighted by Gasteiger charge is -2.64. The van der Waals surface area contributed by atoms with Crippen LogP contribution in [0.5, 0.6) is 0 Å². The predicted octanol–water partition coefficient (Wildman–Crippen LogP) is 3.72. The van der Waals surface area contributed by atoms with Crippen LogP contribution in [-0.2, 0) is 23.7 Å². The van der Waals surface area contributed by atoms with E-state index in [1.807, 2.05) is 0 Å². The zero-order valence-corrected chi connectivity index (χ0v) is 30.4. The van der Waals surface area contributed by atoms with Gasteiger partial charge >= 0.3 is 5.97 Å². The van der Waals surface area contributed by atoms with E-state index in [2.05, 4.69) is 34.6 Å². The maximum atomic E-state index is 12.6. The van der Waals surface area contributed by atoms with Gasteiger partial charge in [-0.3, -0.25) is 4.79 Å². The number of aliphatic hydroxyl groups is 5. The third-order valence-electron chi connectivity index (χ3n) is 16.1. The average Bonchev–Trinajstić information content (AvgIpc) is 3.65. The first-order chi connectivity index (χ1) is 22.3. The Morgan fingerprint density at radius 2 is 1.62 bits per heavy atom. The first kappa shape index (κ1) is 35.5.